The van der Waals surface area contributed by atoms with Gasteiger partial charge in [0.2, 0.25) is 0 Å². The Morgan fingerprint density at radius 3 is 0.791 bits per heavy atom. The molecule has 8 amide bonds. The fourth-order valence-corrected chi connectivity index (χ4v) is 5.75. The minimum Gasteiger partial charge on any atom is -0.587 e. The predicted octanol–water partition coefficient (Wildman–Crippen LogP) is 3.46. The fourth-order valence-electron chi connectivity index (χ4n) is 5.75. The molecule has 0 atom stereocenters. The summed E-state index contributed by atoms with van der Waals surface area (Å²) in [4.78, 5) is 98.4. The zero-order valence-electron chi connectivity index (χ0n) is 22.3. The van der Waals surface area contributed by atoms with Crippen LogP contribution in [0.2, 0.25) is 0 Å². The second kappa shape index (κ2) is 9.55. The number of rotatable bonds is 0. The third-order valence-electron chi connectivity index (χ3n) is 7.79. The summed E-state index contributed by atoms with van der Waals surface area (Å²) in [5, 5.41) is 8.34. The van der Waals surface area contributed by atoms with E-state index < -0.39 is 47.3 Å². The number of nitrogens with zero attached hydrogens (tertiary/aromatic N) is 4. The van der Waals surface area contributed by atoms with Crippen molar-refractivity contribution in [1.29, 1.82) is 0 Å². The quantitative estimate of drug-likeness (QED) is 0.261. The van der Waals surface area contributed by atoms with E-state index in [1.807, 2.05) is 0 Å². The Labute approximate surface area is 266 Å². The third-order valence-corrected chi connectivity index (χ3v) is 7.79. The van der Waals surface area contributed by atoms with Crippen molar-refractivity contribution in [3.63, 3.8) is 0 Å². The molecule has 4 aromatic rings. The first-order valence-corrected chi connectivity index (χ1v) is 12.5. The summed E-state index contributed by atoms with van der Waals surface area (Å²) >= 11 is 0. The van der Waals surface area contributed by atoms with Crippen molar-refractivity contribution in [1.82, 2.24) is 9.80 Å². The molecule has 4 aliphatic rings. The molecule has 0 unspecified atom stereocenters. The monoisotopic (exact) mass is 647 g/mol. The Morgan fingerprint density at radius 2 is 0.558 bits per heavy atom. The Balaban J connectivity index is 0.000000150. The van der Waals surface area contributed by atoms with Gasteiger partial charge >= 0.3 is 0 Å². The Morgan fingerprint density at radius 1 is 0.372 bits per heavy atom. The van der Waals surface area contributed by atoms with Crippen LogP contribution in [0.1, 0.15) is 82.9 Å². The van der Waals surface area contributed by atoms with Gasteiger partial charge in [0.25, 0.3) is 23.6 Å². The SMILES string of the molecule is CN1C(=O)c2ccc3c4c(ccc(c24)C1=O)C(=O)[N-]C3=O.CN1C(=O)c2ccc3c4c(ccc(c24)C1=O)C(=O)[N-]C3=O.[Y]. The average molecular weight is 647 g/mol. The summed E-state index contributed by atoms with van der Waals surface area (Å²) < 4.78 is 0. The molecule has 0 saturated carbocycles. The zero-order chi connectivity index (χ0) is 29.8. The Kier molecular flexibility index (Phi) is 6.26. The maximum atomic E-state index is 12.2. The summed E-state index contributed by atoms with van der Waals surface area (Å²) in [6.07, 6.45) is 0. The molecule has 0 spiro atoms. The van der Waals surface area contributed by atoms with Gasteiger partial charge in [0, 0.05) is 113 Å². The van der Waals surface area contributed by atoms with E-state index in [-0.39, 0.29) is 55.0 Å². The van der Waals surface area contributed by atoms with Crippen LogP contribution in [0.15, 0.2) is 48.5 Å². The van der Waals surface area contributed by atoms with Gasteiger partial charge in [-0.15, -0.1) is 0 Å². The Hall–Kier alpha value is -4.94. The zero-order valence-corrected chi connectivity index (χ0v) is 25.1. The van der Waals surface area contributed by atoms with Crippen molar-refractivity contribution in [3.05, 3.63) is 104 Å². The smallest absolute Gasteiger partial charge is 0.261 e. The molecule has 12 nitrogen and oxygen atoms in total. The summed E-state index contributed by atoms with van der Waals surface area (Å²) in [5.74, 6) is -4.36. The minimum atomic E-state index is -0.643. The molecule has 207 valence electrons. The van der Waals surface area contributed by atoms with Crippen LogP contribution in [-0.2, 0) is 32.7 Å². The van der Waals surface area contributed by atoms with E-state index in [9.17, 15) is 38.4 Å². The van der Waals surface area contributed by atoms with Gasteiger partial charge in [-0.05, 0) is 24.3 Å². The predicted molar refractivity (Wildman–Crippen MR) is 145 cm³/mol. The third kappa shape index (κ3) is 3.69. The summed E-state index contributed by atoms with van der Waals surface area (Å²) in [7, 11) is 2.80. The second-order valence-corrected chi connectivity index (χ2v) is 9.93. The van der Waals surface area contributed by atoms with Gasteiger partial charge in [0.05, 0.1) is 23.6 Å². The first-order valence-electron chi connectivity index (χ1n) is 12.5. The van der Waals surface area contributed by atoms with Gasteiger partial charge in [-0.2, -0.15) is 0 Å². The molecule has 0 aliphatic carbocycles. The summed E-state index contributed by atoms with van der Waals surface area (Å²) in [6.45, 7) is 0. The second-order valence-electron chi connectivity index (χ2n) is 9.93. The van der Waals surface area contributed by atoms with Crippen molar-refractivity contribution in [2.24, 2.45) is 0 Å². The number of benzene rings is 4. The van der Waals surface area contributed by atoms with Gasteiger partial charge in [-0.25, -0.2) is 0 Å². The molecular formula is C30H14N4O8Y-2. The minimum absolute atomic E-state index is 0. The van der Waals surface area contributed by atoms with Crippen molar-refractivity contribution in [2.75, 3.05) is 14.1 Å². The molecule has 8 rings (SSSR count). The van der Waals surface area contributed by atoms with E-state index in [0.29, 0.717) is 43.8 Å². The number of hydrogen-bond acceptors (Lipinski definition) is 8. The van der Waals surface area contributed by atoms with E-state index in [1.165, 1.54) is 62.6 Å². The van der Waals surface area contributed by atoms with Crippen molar-refractivity contribution in [3.8, 4) is 0 Å². The largest absolute Gasteiger partial charge is 0.587 e. The molecule has 0 fully saturated rings. The van der Waals surface area contributed by atoms with E-state index in [0.717, 1.165) is 9.80 Å². The molecule has 0 aromatic heterocycles. The molecule has 4 aliphatic heterocycles. The molecule has 0 N–H and O–H groups in total. The van der Waals surface area contributed by atoms with Crippen LogP contribution < -0.4 is 0 Å². The van der Waals surface area contributed by atoms with E-state index >= 15 is 0 Å². The van der Waals surface area contributed by atoms with Crippen LogP contribution in [-0.4, -0.2) is 71.2 Å². The van der Waals surface area contributed by atoms with Crippen LogP contribution in [0.5, 0.6) is 0 Å². The molecule has 4 aromatic carbocycles. The number of amides is 8. The van der Waals surface area contributed by atoms with Crippen molar-refractivity contribution < 1.29 is 71.1 Å². The molecule has 4 heterocycles. The van der Waals surface area contributed by atoms with Gasteiger partial charge in [0.15, 0.2) is 0 Å². The van der Waals surface area contributed by atoms with Gasteiger partial charge in [0.1, 0.15) is 0 Å². The van der Waals surface area contributed by atoms with E-state index in [4.69, 9.17) is 0 Å². The van der Waals surface area contributed by atoms with Crippen LogP contribution in [0.25, 0.3) is 32.2 Å². The van der Waals surface area contributed by atoms with E-state index in [1.54, 1.807) is 0 Å². The Bertz CT molecular complexity index is 1850. The molecule has 0 bridgehead atoms. The molecule has 13 heteroatoms. The topological polar surface area (TPSA) is 171 Å². The normalized spacial score (nSPS) is 16.1. The number of carbonyl (C=O) groups is 8. The van der Waals surface area contributed by atoms with Gasteiger partial charge in [-0.3, -0.25) is 29.0 Å². The first kappa shape index (κ1) is 28.2. The van der Waals surface area contributed by atoms with Crippen LogP contribution in [0, 0.1) is 0 Å². The van der Waals surface area contributed by atoms with Crippen LogP contribution >= 0.6 is 0 Å². The fraction of sp³-hybridized carbons (Fsp3) is 0.0667. The number of hydrogen-bond donors (Lipinski definition) is 0. The molecule has 0 saturated heterocycles. The first-order chi connectivity index (χ1) is 20.0. The van der Waals surface area contributed by atoms with Gasteiger partial charge in [-0.1, -0.05) is 24.3 Å². The number of carbonyl (C=O) groups excluding carboxylic acids is 8. The van der Waals surface area contributed by atoms with Crippen molar-refractivity contribution in [2.45, 2.75) is 0 Å². The summed E-state index contributed by atoms with van der Waals surface area (Å²) in [5.41, 5.74) is 2.24. The van der Waals surface area contributed by atoms with Crippen LogP contribution in [0.4, 0.5) is 0 Å². The van der Waals surface area contributed by atoms with Crippen molar-refractivity contribution >= 4 is 68.8 Å². The van der Waals surface area contributed by atoms with E-state index in [2.05, 4.69) is 10.6 Å². The maximum Gasteiger partial charge on any atom is 0.261 e. The van der Waals surface area contributed by atoms with Crippen LogP contribution in [0.3, 0.4) is 0 Å². The maximum absolute atomic E-state index is 12.2. The summed E-state index contributed by atoms with van der Waals surface area (Å²) in [6, 6.07) is 11.9. The van der Waals surface area contributed by atoms with Gasteiger partial charge < -0.3 is 29.8 Å². The average Bonchev–Trinajstić information content (AvgIpc) is 2.98. The number of imide groups is 4. The standard InChI is InChI=1S/2C15H8N2O4.Y/c2*1-17-14(20)8-4-2-6-10-7(13(19)16-12(6)18)3-5-9(11(8)10)15(17)21;/h2*2-5H,1H3,(H,16,18,19);/p-2. The molecule has 1 radical (unpaired) electrons. The molecule has 43 heavy (non-hydrogen) atoms. The molecular weight excluding hydrogens is 633 g/mol.